The van der Waals surface area contributed by atoms with Crippen molar-refractivity contribution in [2.75, 3.05) is 0 Å². The second kappa shape index (κ2) is 3.28. The van der Waals surface area contributed by atoms with Crippen LogP contribution in [0, 0.1) is 0 Å². The summed E-state index contributed by atoms with van der Waals surface area (Å²) < 4.78 is 15.0. The van der Waals surface area contributed by atoms with Crippen LogP contribution < -0.4 is 4.74 Å². The number of aromatic nitrogens is 1. The molecule has 3 nitrogen and oxygen atoms in total. The van der Waals surface area contributed by atoms with E-state index in [1.807, 2.05) is 0 Å². The molecule has 0 amide bonds. The van der Waals surface area contributed by atoms with Gasteiger partial charge < -0.3 is 9.15 Å². The predicted molar refractivity (Wildman–Crippen MR) is 48.6 cm³/mol. The van der Waals surface area contributed by atoms with E-state index in [1.165, 1.54) is 11.5 Å². The molecule has 12 heavy (non-hydrogen) atoms. The Morgan fingerprint density at radius 1 is 1.50 bits per heavy atom. The van der Waals surface area contributed by atoms with Crippen LogP contribution in [0.15, 0.2) is 32.8 Å². The Morgan fingerprint density at radius 2 is 2.42 bits per heavy atom. The van der Waals surface area contributed by atoms with Crippen LogP contribution in [0.25, 0.3) is 0 Å². The smallest absolute Gasteiger partial charge is 0.290 e. The van der Waals surface area contributed by atoms with E-state index in [-0.39, 0.29) is 0 Å². The van der Waals surface area contributed by atoms with Crippen molar-refractivity contribution in [2.24, 2.45) is 0 Å². The van der Waals surface area contributed by atoms with E-state index in [0.717, 1.165) is 0 Å². The van der Waals surface area contributed by atoms with Gasteiger partial charge in [-0.1, -0.05) is 0 Å². The SMILES string of the molecule is Brc1ccc(Oc2cnsc2)o1. The number of hydrogen-bond acceptors (Lipinski definition) is 4. The standard InChI is InChI=1S/C7H4BrNO2S/c8-6-1-2-7(11-6)10-5-3-9-12-4-5/h1-4H. The van der Waals surface area contributed by atoms with Crippen molar-refractivity contribution >= 4 is 27.5 Å². The first-order chi connectivity index (χ1) is 5.84. The molecule has 0 atom stereocenters. The van der Waals surface area contributed by atoms with Gasteiger partial charge >= 0.3 is 0 Å². The maximum atomic E-state index is 5.29. The molecule has 2 aromatic heterocycles. The lowest BCUT2D eigenvalue weighted by atomic mass is 10.6. The Balaban J connectivity index is 2.14. The molecule has 0 saturated carbocycles. The number of ether oxygens (including phenoxy) is 1. The van der Waals surface area contributed by atoms with E-state index in [2.05, 4.69) is 20.3 Å². The molecule has 0 unspecified atom stereocenters. The summed E-state index contributed by atoms with van der Waals surface area (Å²) in [7, 11) is 0. The first-order valence-electron chi connectivity index (χ1n) is 3.17. The van der Waals surface area contributed by atoms with Crippen LogP contribution in [0.3, 0.4) is 0 Å². The topological polar surface area (TPSA) is 35.3 Å². The second-order valence-corrected chi connectivity index (χ2v) is 3.46. The Bertz CT molecular complexity index is 357. The molecular formula is C7H4BrNO2S. The molecule has 0 aliphatic rings. The van der Waals surface area contributed by atoms with Crippen LogP contribution in [-0.4, -0.2) is 4.37 Å². The zero-order chi connectivity index (χ0) is 8.39. The van der Waals surface area contributed by atoms with Crippen LogP contribution in [0.5, 0.6) is 11.7 Å². The van der Waals surface area contributed by atoms with E-state index < -0.39 is 0 Å². The van der Waals surface area contributed by atoms with Gasteiger partial charge in [-0.05, 0) is 33.5 Å². The van der Waals surface area contributed by atoms with Crippen LogP contribution in [0.4, 0.5) is 0 Å². The first kappa shape index (κ1) is 7.82. The third-order valence-corrected chi connectivity index (χ3v) is 2.17. The zero-order valence-electron chi connectivity index (χ0n) is 5.86. The van der Waals surface area contributed by atoms with Crippen LogP contribution >= 0.6 is 27.5 Å². The van der Waals surface area contributed by atoms with Gasteiger partial charge in [0.25, 0.3) is 5.95 Å². The fourth-order valence-electron chi connectivity index (χ4n) is 0.714. The molecule has 2 rings (SSSR count). The highest BCUT2D eigenvalue weighted by atomic mass is 79.9. The lowest BCUT2D eigenvalue weighted by Gasteiger charge is -1.94. The highest BCUT2D eigenvalue weighted by Gasteiger charge is 2.01. The summed E-state index contributed by atoms with van der Waals surface area (Å²) in [4.78, 5) is 0. The van der Waals surface area contributed by atoms with Gasteiger partial charge in [-0.2, -0.15) is 4.37 Å². The third kappa shape index (κ3) is 1.67. The summed E-state index contributed by atoms with van der Waals surface area (Å²) in [5.74, 6) is 1.16. The number of hydrogen-bond donors (Lipinski definition) is 0. The molecule has 0 N–H and O–H groups in total. The molecule has 0 saturated heterocycles. The van der Waals surface area contributed by atoms with Gasteiger partial charge in [-0.25, -0.2) is 0 Å². The number of furan rings is 1. The molecule has 0 fully saturated rings. The Kier molecular flexibility index (Phi) is 2.14. The van der Waals surface area contributed by atoms with E-state index in [0.29, 0.717) is 16.4 Å². The molecule has 2 heterocycles. The summed E-state index contributed by atoms with van der Waals surface area (Å²) in [5.41, 5.74) is 0. The summed E-state index contributed by atoms with van der Waals surface area (Å²) in [5, 5.41) is 1.80. The molecular weight excluding hydrogens is 242 g/mol. The maximum absolute atomic E-state index is 5.29. The lowest BCUT2D eigenvalue weighted by molar-refractivity contribution is 0.339. The van der Waals surface area contributed by atoms with Crippen LogP contribution in [0.1, 0.15) is 0 Å². The fraction of sp³-hybridized carbons (Fsp3) is 0. The second-order valence-electron chi connectivity index (χ2n) is 2.02. The first-order valence-corrected chi connectivity index (χ1v) is 4.80. The van der Waals surface area contributed by atoms with Gasteiger partial charge in [0.1, 0.15) is 0 Å². The van der Waals surface area contributed by atoms with Crippen molar-refractivity contribution in [1.82, 2.24) is 4.37 Å². The Labute approximate surface area is 81.3 Å². The number of rotatable bonds is 2. The van der Waals surface area contributed by atoms with Crippen molar-refractivity contribution in [3.63, 3.8) is 0 Å². The minimum atomic E-state index is 0.460. The largest absolute Gasteiger partial charge is 0.423 e. The predicted octanol–water partition coefficient (Wildman–Crippen LogP) is 3.29. The van der Waals surface area contributed by atoms with E-state index in [9.17, 15) is 0 Å². The fourth-order valence-corrected chi connectivity index (χ4v) is 1.44. The van der Waals surface area contributed by atoms with Crippen molar-refractivity contribution in [1.29, 1.82) is 0 Å². The summed E-state index contributed by atoms with van der Waals surface area (Å²) in [6.45, 7) is 0. The molecule has 0 bridgehead atoms. The average Bonchev–Trinajstić information content (AvgIpc) is 2.63. The monoisotopic (exact) mass is 245 g/mol. The number of nitrogens with zero attached hydrogens (tertiary/aromatic N) is 1. The molecule has 0 aliphatic heterocycles. The average molecular weight is 246 g/mol. The minimum Gasteiger partial charge on any atom is -0.423 e. The van der Waals surface area contributed by atoms with E-state index in [4.69, 9.17) is 9.15 Å². The van der Waals surface area contributed by atoms with Crippen LogP contribution in [-0.2, 0) is 0 Å². The molecule has 0 aliphatic carbocycles. The molecule has 0 aromatic carbocycles. The van der Waals surface area contributed by atoms with Gasteiger partial charge in [-0.15, -0.1) is 0 Å². The van der Waals surface area contributed by atoms with Crippen molar-refractivity contribution in [3.8, 4) is 11.7 Å². The van der Waals surface area contributed by atoms with Gasteiger partial charge in [0.15, 0.2) is 10.4 Å². The third-order valence-electron chi connectivity index (χ3n) is 1.18. The van der Waals surface area contributed by atoms with Crippen LogP contribution in [0.2, 0.25) is 0 Å². The highest BCUT2D eigenvalue weighted by molar-refractivity contribution is 9.10. The van der Waals surface area contributed by atoms with Gasteiger partial charge in [0.05, 0.1) is 11.6 Å². The highest BCUT2D eigenvalue weighted by Crippen LogP contribution is 2.26. The molecule has 2 aromatic rings. The van der Waals surface area contributed by atoms with E-state index >= 15 is 0 Å². The molecule has 5 heteroatoms. The summed E-state index contributed by atoms with van der Waals surface area (Å²) >= 11 is 4.51. The van der Waals surface area contributed by atoms with Gasteiger partial charge in [-0.3, -0.25) is 0 Å². The Hall–Kier alpha value is -0.810. The summed E-state index contributed by atoms with van der Waals surface area (Å²) in [6.07, 6.45) is 1.64. The van der Waals surface area contributed by atoms with Crippen molar-refractivity contribution < 1.29 is 9.15 Å². The van der Waals surface area contributed by atoms with Crippen molar-refractivity contribution in [3.05, 3.63) is 28.4 Å². The van der Waals surface area contributed by atoms with E-state index in [1.54, 1.807) is 23.7 Å². The molecule has 0 spiro atoms. The van der Waals surface area contributed by atoms with Gasteiger partial charge in [0, 0.05) is 6.07 Å². The molecule has 0 radical (unpaired) electrons. The normalized spacial score (nSPS) is 10.1. The van der Waals surface area contributed by atoms with Gasteiger partial charge in [0.2, 0.25) is 0 Å². The maximum Gasteiger partial charge on any atom is 0.290 e. The van der Waals surface area contributed by atoms with Crippen molar-refractivity contribution in [2.45, 2.75) is 0 Å². The Morgan fingerprint density at radius 3 is 3.00 bits per heavy atom. The zero-order valence-corrected chi connectivity index (χ0v) is 8.26. The summed E-state index contributed by atoms with van der Waals surface area (Å²) in [6, 6.07) is 3.51. The number of halogens is 1. The molecule has 62 valence electrons. The minimum absolute atomic E-state index is 0.460. The quantitative estimate of drug-likeness (QED) is 0.815. The lowest BCUT2D eigenvalue weighted by Crippen LogP contribution is -1.76.